The number of hydrogen-bond donors (Lipinski definition) is 1. The van der Waals surface area contributed by atoms with E-state index in [9.17, 15) is 30.8 Å². The number of nitrogens with one attached hydrogen (secondary N) is 1. The molecule has 11 heteroatoms. The molecule has 0 saturated heterocycles. The Balaban J connectivity index is 1.69. The fourth-order valence-electron chi connectivity index (χ4n) is 3.76. The Morgan fingerprint density at radius 3 is 2.30 bits per heavy atom. The summed E-state index contributed by atoms with van der Waals surface area (Å²) in [6.45, 7) is 1.85. The second kappa shape index (κ2) is 8.87. The Morgan fingerprint density at radius 2 is 1.73 bits per heavy atom. The molecule has 1 aliphatic rings. The molecular weight excluding hydrogens is 489 g/mol. The number of rotatable bonds is 5. The third kappa shape index (κ3) is 5.32. The van der Waals surface area contributed by atoms with Crippen molar-refractivity contribution in [3.63, 3.8) is 0 Å². The van der Waals surface area contributed by atoms with Crippen molar-refractivity contribution in [1.82, 2.24) is 5.32 Å². The highest BCUT2D eigenvalue weighted by atomic mass is 35.5. The van der Waals surface area contributed by atoms with Gasteiger partial charge in [-0.3, -0.25) is 4.79 Å². The van der Waals surface area contributed by atoms with Crippen molar-refractivity contribution in [3.05, 3.63) is 64.4 Å². The number of carbonyl (C=O) groups excluding carboxylic acids is 1. The van der Waals surface area contributed by atoms with Crippen molar-refractivity contribution < 1.29 is 35.2 Å². The SMILES string of the molecule is CC1(CNC(=O)c2ccc(F)c(Cl)c2)CCC(F)(S(=O)(=O)c2cccc(C(F)(F)F)c2)CC1. The van der Waals surface area contributed by atoms with Gasteiger partial charge < -0.3 is 5.32 Å². The lowest BCUT2D eigenvalue weighted by molar-refractivity contribution is -0.137. The molecule has 3 rings (SSSR count). The molecular formula is C22H21ClF5NO3S. The zero-order valence-electron chi connectivity index (χ0n) is 17.5. The van der Waals surface area contributed by atoms with Crippen LogP contribution in [0.25, 0.3) is 0 Å². The molecule has 0 atom stereocenters. The van der Waals surface area contributed by atoms with Gasteiger partial charge in [0.1, 0.15) is 5.82 Å². The quantitative estimate of drug-likeness (QED) is 0.507. The van der Waals surface area contributed by atoms with Crippen LogP contribution in [0.15, 0.2) is 47.4 Å². The first-order valence-electron chi connectivity index (χ1n) is 10.0. The molecule has 1 amide bonds. The lowest BCUT2D eigenvalue weighted by Gasteiger charge is -2.40. The number of halogens is 6. The molecule has 0 heterocycles. The third-order valence-electron chi connectivity index (χ3n) is 6.01. The summed E-state index contributed by atoms with van der Waals surface area (Å²) in [5.41, 5.74) is -1.68. The van der Waals surface area contributed by atoms with Gasteiger partial charge in [-0.15, -0.1) is 0 Å². The van der Waals surface area contributed by atoms with Gasteiger partial charge in [0.15, 0.2) is 0 Å². The van der Waals surface area contributed by atoms with Gasteiger partial charge in [0.2, 0.25) is 14.8 Å². The zero-order valence-corrected chi connectivity index (χ0v) is 19.1. The molecule has 4 nitrogen and oxygen atoms in total. The Labute approximate surface area is 193 Å². The van der Waals surface area contributed by atoms with E-state index in [1.54, 1.807) is 6.92 Å². The summed E-state index contributed by atoms with van der Waals surface area (Å²) in [6.07, 6.45) is -5.47. The number of carbonyl (C=O) groups is 1. The molecule has 1 N–H and O–H groups in total. The Morgan fingerprint density at radius 1 is 1.09 bits per heavy atom. The summed E-state index contributed by atoms with van der Waals surface area (Å²) in [4.78, 5) is 11.6. The van der Waals surface area contributed by atoms with Gasteiger partial charge in [0.05, 0.1) is 15.5 Å². The van der Waals surface area contributed by atoms with Crippen LogP contribution in [0, 0.1) is 11.2 Å². The molecule has 0 bridgehead atoms. The summed E-state index contributed by atoms with van der Waals surface area (Å²) >= 11 is 5.68. The minimum Gasteiger partial charge on any atom is -0.351 e. The first-order valence-corrected chi connectivity index (χ1v) is 11.9. The number of alkyl halides is 4. The zero-order chi connectivity index (χ0) is 24.7. The standard InChI is InChI=1S/C22H21ClF5NO3S/c1-20(13-29-19(30)14-5-6-18(24)17(23)11-14)7-9-21(25,10-8-20)33(31,32)16-4-2-3-15(12-16)22(26,27)28/h2-6,11-12H,7-10,13H2,1H3,(H,29,30). The minimum absolute atomic E-state index is 0.0755. The van der Waals surface area contributed by atoms with E-state index in [4.69, 9.17) is 11.6 Å². The fraction of sp³-hybridized carbons (Fsp3) is 0.409. The summed E-state index contributed by atoms with van der Waals surface area (Å²) in [5, 5.41) is -0.271. The predicted molar refractivity (Wildman–Crippen MR) is 113 cm³/mol. The first kappa shape index (κ1) is 25.4. The molecule has 180 valence electrons. The Bertz CT molecular complexity index is 1160. The number of sulfone groups is 1. The van der Waals surface area contributed by atoms with E-state index in [0.29, 0.717) is 6.07 Å². The average Bonchev–Trinajstić information content (AvgIpc) is 2.76. The number of benzene rings is 2. The number of amides is 1. The molecule has 0 radical (unpaired) electrons. The van der Waals surface area contributed by atoms with Gasteiger partial charge in [-0.1, -0.05) is 24.6 Å². The van der Waals surface area contributed by atoms with E-state index in [1.807, 2.05) is 0 Å². The second-order valence-corrected chi connectivity index (χ2v) is 11.2. The van der Waals surface area contributed by atoms with Crippen LogP contribution in [0.4, 0.5) is 22.0 Å². The van der Waals surface area contributed by atoms with Gasteiger partial charge >= 0.3 is 6.18 Å². The fourth-order valence-corrected chi connectivity index (χ4v) is 5.64. The van der Waals surface area contributed by atoms with Crippen molar-refractivity contribution in [2.24, 2.45) is 5.41 Å². The molecule has 2 aromatic carbocycles. The van der Waals surface area contributed by atoms with E-state index in [-0.39, 0.29) is 30.0 Å². The molecule has 0 spiro atoms. The van der Waals surface area contributed by atoms with Crippen LogP contribution in [0.1, 0.15) is 48.5 Å². The predicted octanol–water partition coefficient (Wildman–Crippen LogP) is 5.95. The average molecular weight is 510 g/mol. The Hall–Kier alpha value is -2.20. The number of hydrogen-bond acceptors (Lipinski definition) is 3. The lowest BCUT2D eigenvalue weighted by Crippen LogP contribution is -2.45. The highest BCUT2D eigenvalue weighted by molar-refractivity contribution is 7.92. The highest BCUT2D eigenvalue weighted by Crippen LogP contribution is 2.47. The maximum absolute atomic E-state index is 15.5. The first-order chi connectivity index (χ1) is 15.2. The molecule has 2 aromatic rings. The maximum atomic E-state index is 15.5. The van der Waals surface area contributed by atoms with Crippen molar-refractivity contribution in [3.8, 4) is 0 Å². The van der Waals surface area contributed by atoms with Gasteiger partial charge in [-0.25, -0.2) is 17.2 Å². The van der Waals surface area contributed by atoms with E-state index in [1.165, 1.54) is 12.1 Å². The van der Waals surface area contributed by atoms with Crippen LogP contribution < -0.4 is 5.32 Å². The van der Waals surface area contributed by atoms with Crippen LogP contribution in [-0.2, 0) is 16.0 Å². The van der Waals surface area contributed by atoms with Gasteiger partial charge in [0.25, 0.3) is 5.91 Å². The van der Waals surface area contributed by atoms with E-state index >= 15 is 4.39 Å². The smallest absolute Gasteiger partial charge is 0.351 e. The molecule has 1 fully saturated rings. The van der Waals surface area contributed by atoms with Gasteiger partial charge in [-0.05, 0) is 67.5 Å². The van der Waals surface area contributed by atoms with Crippen molar-refractivity contribution in [2.75, 3.05) is 6.54 Å². The maximum Gasteiger partial charge on any atom is 0.416 e. The molecule has 1 saturated carbocycles. The minimum atomic E-state index is -4.76. The molecule has 1 aliphatic carbocycles. The lowest BCUT2D eigenvalue weighted by atomic mass is 9.74. The van der Waals surface area contributed by atoms with Gasteiger partial charge in [-0.2, -0.15) is 13.2 Å². The molecule has 0 unspecified atom stereocenters. The summed E-state index contributed by atoms with van der Waals surface area (Å²) < 4.78 is 93.4. The monoisotopic (exact) mass is 509 g/mol. The summed E-state index contributed by atoms with van der Waals surface area (Å²) in [6, 6.07) is 6.53. The van der Waals surface area contributed by atoms with Crippen molar-refractivity contribution in [1.29, 1.82) is 0 Å². The highest BCUT2D eigenvalue weighted by Gasteiger charge is 2.50. The molecule has 0 aromatic heterocycles. The van der Waals surface area contributed by atoms with E-state index in [0.717, 1.165) is 24.3 Å². The van der Waals surface area contributed by atoms with Crippen LogP contribution in [-0.4, -0.2) is 25.9 Å². The van der Waals surface area contributed by atoms with Crippen molar-refractivity contribution >= 4 is 27.3 Å². The van der Waals surface area contributed by atoms with Crippen LogP contribution in [0.5, 0.6) is 0 Å². The summed E-state index contributed by atoms with van der Waals surface area (Å²) in [7, 11) is -4.68. The topological polar surface area (TPSA) is 63.2 Å². The van der Waals surface area contributed by atoms with Crippen LogP contribution >= 0.6 is 11.6 Å². The van der Waals surface area contributed by atoms with E-state index < -0.39 is 61.5 Å². The molecule has 0 aliphatic heterocycles. The second-order valence-electron chi connectivity index (χ2n) is 8.53. The normalized spacial score (nSPS) is 23.8. The Kier molecular flexibility index (Phi) is 6.83. The van der Waals surface area contributed by atoms with Gasteiger partial charge in [0, 0.05) is 12.1 Å². The molecule has 33 heavy (non-hydrogen) atoms. The van der Waals surface area contributed by atoms with Crippen LogP contribution in [0.3, 0.4) is 0 Å². The summed E-state index contributed by atoms with van der Waals surface area (Å²) in [5.74, 6) is -1.19. The largest absolute Gasteiger partial charge is 0.416 e. The van der Waals surface area contributed by atoms with E-state index in [2.05, 4.69) is 5.32 Å². The van der Waals surface area contributed by atoms with Crippen molar-refractivity contribution in [2.45, 2.75) is 48.7 Å². The van der Waals surface area contributed by atoms with Crippen LogP contribution in [0.2, 0.25) is 5.02 Å². The third-order valence-corrected chi connectivity index (χ3v) is 8.55.